The van der Waals surface area contributed by atoms with E-state index in [0.717, 1.165) is 13.1 Å². The number of nitrogens with two attached hydrogens (primary N) is 1. The predicted molar refractivity (Wildman–Crippen MR) is 45.7 cm³/mol. The van der Waals surface area contributed by atoms with Crippen LogP contribution < -0.4 is 5.32 Å². The molecule has 0 aliphatic carbocycles. The fraction of sp³-hybridized carbons (Fsp3) is 0.889. The van der Waals surface area contributed by atoms with Crippen LogP contribution in [0, 0.1) is 5.92 Å². The molecule has 0 aromatic rings. The summed E-state index contributed by atoms with van der Waals surface area (Å²) >= 11 is 0. The van der Waals surface area contributed by atoms with E-state index in [0.29, 0.717) is 12.8 Å². The molecule has 0 saturated carbocycles. The first-order chi connectivity index (χ1) is 5.56. The Labute approximate surface area is 73.2 Å². The summed E-state index contributed by atoms with van der Waals surface area (Å²) in [7, 11) is 0. The molecule has 3 heteroatoms. The van der Waals surface area contributed by atoms with Crippen molar-refractivity contribution in [2.24, 2.45) is 5.92 Å². The van der Waals surface area contributed by atoms with Crippen LogP contribution in [-0.4, -0.2) is 29.6 Å². The molecule has 1 aliphatic heterocycles. The molecule has 0 aromatic heterocycles. The molecule has 0 unspecified atom stereocenters. The summed E-state index contributed by atoms with van der Waals surface area (Å²) in [6, 6.07) is 0. The third-order valence-electron chi connectivity index (χ3n) is 2.51. The third kappa shape index (κ3) is 1.84. The van der Waals surface area contributed by atoms with Crippen molar-refractivity contribution in [1.29, 1.82) is 0 Å². The average Bonchev–Trinajstić information content (AvgIpc) is 2.04. The molecular formula is C9H18NO2+. The van der Waals surface area contributed by atoms with E-state index in [1.54, 1.807) is 0 Å². The molecule has 1 heterocycles. The number of quaternary nitrogens is 1. The lowest BCUT2D eigenvalue weighted by Crippen LogP contribution is -2.88. The van der Waals surface area contributed by atoms with Gasteiger partial charge in [0.1, 0.15) is 5.60 Å². The number of piperidine rings is 1. The molecule has 1 rings (SSSR count). The number of carbonyl (C=O) groups is 1. The van der Waals surface area contributed by atoms with Crippen molar-refractivity contribution >= 4 is 5.78 Å². The molecule has 3 N–H and O–H groups in total. The Kier molecular flexibility index (Phi) is 2.85. The van der Waals surface area contributed by atoms with Crippen molar-refractivity contribution in [1.82, 2.24) is 0 Å². The zero-order chi connectivity index (χ0) is 9.19. The molecule has 0 amide bonds. The Hall–Kier alpha value is -0.410. The predicted octanol–water partition coefficient (Wildman–Crippen LogP) is -0.700. The normalized spacial score (nSPS) is 22.7. The summed E-state index contributed by atoms with van der Waals surface area (Å²) in [5.74, 6) is -0.0382. The molecule has 1 aliphatic rings. The summed E-state index contributed by atoms with van der Waals surface area (Å²) in [4.78, 5) is 11.6. The van der Waals surface area contributed by atoms with Gasteiger partial charge in [-0.1, -0.05) is 13.8 Å². The lowest BCUT2D eigenvalue weighted by atomic mass is 9.83. The molecule has 1 saturated heterocycles. The molecule has 0 radical (unpaired) electrons. The Bertz CT molecular complexity index is 171. The van der Waals surface area contributed by atoms with E-state index in [9.17, 15) is 9.90 Å². The second kappa shape index (κ2) is 3.54. The maximum absolute atomic E-state index is 11.6. The minimum absolute atomic E-state index is 0.00981. The van der Waals surface area contributed by atoms with Crippen LogP contribution in [-0.2, 0) is 4.79 Å². The number of hydrogen-bond acceptors (Lipinski definition) is 2. The zero-order valence-corrected chi connectivity index (χ0v) is 7.84. The van der Waals surface area contributed by atoms with Crippen LogP contribution in [0.2, 0.25) is 0 Å². The highest BCUT2D eigenvalue weighted by Crippen LogP contribution is 2.20. The fourth-order valence-electron chi connectivity index (χ4n) is 1.73. The summed E-state index contributed by atoms with van der Waals surface area (Å²) in [5, 5.41) is 12.1. The van der Waals surface area contributed by atoms with Gasteiger partial charge in [0.05, 0.1) is 13.1 Å². The Balaban J connectivity index is 2.62. The average molecular weight is 172 g/mol. The summed E-state index contributed by atoms with van der Waals surface area (Å²) in [6.07, 6.45) is 1.23. The highest BCUT2D eigenvalue weighted by atomic mass is 16.3. The van der Waals surface area contributed by atoms with Crippen LogP contribution in [0.25, 0.3) is 0 Å². The first kappa shape index (κ1) is 9.68. The van der Waals surface area contributed by atoms with Gasteiger partial charge >= 0.3 is 0 Å². The minimum Gasteiger partial charge on any atom is -0.382 e. The van der Waals surface area contributed by atoms with Crippen molar-refractivity contribution in [3.8, 4) is 0 Å². The van der Waals surface area contributed by atoms with E-state index in [2.05, 4.69) is 5.32 Å². The second-order valence-corrected chi connectivity index (χ2v) is 3.92. The Morgan fingerprint density at radius 3 is 2.33 bits per heavy atom. The Morgan fingerprint density at radius 1 is 1.42 bits per heavy atom. The first-order valence-electron chi connectivity index (χ1n) is 4.64. The molecular weight excluding hydrogens is 154 g/mol. The molecule has 70 valence electrons. The maximum Gasteiger partial charge on any atom is 0.167 e. The number of carbonyl (C=O) groups excluding carboxylic acids is 1. The maximum atomic E-state index is 11.6. The van der Waals surface area contributed by atoms with Crippen molar-refractivity contribution in [2.75, 3.05) is 13.1 Å². The van der Waals surface area contributed by atoms with E-state index >= 15 is 0 Å². The number of hydrogen-bond donors (Lipinski definition) is 2. The van der Waals surface area contributed by atoms with Crippen LogP contribution in [0.1, 0.15) is 26.7 Å². The topological polar surface area (TPSA) is 53.9 Å². The smallest absolute Gasteiger partial charge is 0.167 e. The minimum atomic E-state index is -1.01. The SMILES string of the molecule is CC(C)C(=O)C1(O)CC[NH2+]CC1. The van der Waals surface area contributed by atoms with Gasteiger partial charge in [0.2, 0.25) is 0 Å². The standard InChI is InChI=1S/C9H17NO2/c1-7(2)8(11)9(12)3-5-10-6-4-9/h7,10,12H,3-6H2,1-2H3/p+1. The fourth-order valence-corrected chi connectivity index (χ4v) is 1.73. The monoisotopic (exact) mass is 172 g/mol. The lowest BCUT2D eigenvalue weighted by Gasteiger charge is -2.30. The van der Waals surface area contributed by atoms with Gasteiger partial charge in [-0.3, -0.25) is 4.79 Å². The highest BCUT2D eigenvalue weighted by molar-refractivity contribution is 5.88. The molecule has 0 aromatic carbocycles. The summed E-state index contributed by atoms with van der Waals surface area (Å²) in [5.41, 5.74) is -1.01. The van der Waals surface area contributed by atoms with Crippen molar-refractivity contribution < 1.29 is 15.2 Å². The van der Waals surface area contributed by atoms with Gasteiger partial charge in [-0.15, -0.1) is 0 Å². The van der Waals surface area contributed by atoms with Crippen LogP contribution in [0.3, 0.4) is 0 Å². The summed E-state index contributed by atoms with van der Waals surface area (Å²) in [6.45, 7) is 5.43. The highest BCUT2D eigenvalue weighted by Gasteiger charge is 2.39. The van der Waals surface area contributed by atoms with E-state index in [-0.39, 0.29) is 11.7 Å². The molecule has 1 fully saturated rings. The van der Waals surface area contributed by atoms with Gasteiger partial charge in [0, 0.05) is 18.8 Å². The van der Waals surface area contributed by atoms with Gasteiger partial charge in [-0.2, -0.15) is 0 Å². The number of aliphatic hydroxyl groups is 1. The summed E-state index contributed by atoms with van der Waals surface area (Å²) < 4.78 is 0. The van der Waals surface area contributed by atoms with E-state index in [4.69, 9.17) is 0 Å². The van der Waals surface area contributed by atoms with Crippen molar-refractivity contribution in [2.45, 2.75) is 32.3 Å². The van der Waals surface area contributed by atoms with Crippen LogP contribution in [0.4, 0.5) is 0 Å². The molecule has 0 spiro atoms. The lowest BCUT2D eigenvalue weighted by molar-refractivity contribution is -0.667. The van der Waals surface area contributed by atoms with Gasteiger partial charge in [0.15, 0.2) is 5.78 Å². The zero-order valence-electron chi connectivity index (χ0n) is 7.84. The third-order valence-corrected chi connectivity index (χ3v) is 2.51. The molecule has 12 heavy (non-hydrogen) atoms. The first-order valence-corrected chi connectivity index (χ1v) is 4.64. The Morgan fingerprint density at radius 2 is 1.92 bits per heavy atom. The van der Waals surface area contributed by atoms with E-state index in [1.165, 1.54) is 0 Å². The van der Waals surface area contributed by atoms with Gasteiger partial charge in [0.25, 0.3) is 0 Å². The van der Waals surface area contributed by atoms with E-state index in [1.807, 2.05) is 13.8 Å². The van der Waals surface area contributed by atoms with Crippen LogP contribution >= 0.6 is 0 Å². The van der Waals surface area contributed by atoms with Gasteiger partial charge < -0.3 is 10.4 Å². The van der Waals surface area contributed by atoms with Crippen molar-refractivity contribution in [3.63, 3.8) is 0 Å². The van der Waals surface area contributed by atoms with Crippen LogP contribution in [0.5, 0.6) is 0 Å². The number of ketones is 1. The van der Waals surface area contributed by atoms with E-state index < -0.39 is 5.60 Å². The number of Topliss-reactive ketones (excluding diaryl/α,β-unsaturated/α-hetero) is 1. The second-order valence-electron chi connectivity index (χ2n) is 3.92. The van der Waals surface area contributed by atoms with Crippen LogP contribution in [0.15, 0.2) is 0 Å². The molecule has 3 nitrogen and oxygen atoms in total. The van der Waals surface area contributed by atoms with Gasteiger partial charge in [-0.05, 0) is 0 Å². The van der Waals surface area contributed by atoms with Gasteiger partial charge in [-0.25, -0.2) is 0 Å². The quantitative estimate of drug-likeness (QED) is 0.578. The van der Waals surface area contributed by atoms with Crippen molar-refractivity contribution in [3.05, 3.63) is 0 Å². The molecule has 0 atom stereocenters. The number of rotatable bonds is 2. The molecule has 0 bridgehead atoms. The largest absolute Gasteiger partial charge is 0.382 e.